The molecule has 0 aliphatic carbocycles. The number of likely N-dealkylation sites (tertiary alicyclic amines) is 1. The number of carbonyl (C=O) groups is 1. The Hall–Kier alpha value is -2.37. The van der Waals surface area contributed by atoms with E-state index in [9.17, 15) is 9.59 Å². The normalized spacial score (nSPS) is 20.0. The molecule has 1 saturated heterocycles. The van der Waals surface area contributed by atoms with Crippen molar-refractivity contribution in [1.29, 1.82) is 0 Å². The Balaban J connectivity index is 1.73. The van der Waals surface area contributed by atoms with Gasteiger partial charge < -0.3 is 9.88 Å². The van der Waals surface area contributed by atoms with Gasteiger partial charge >= 0.3 is 0 Å². The Bertz CT molecular complexity index is 754. The van der Waals surface area contributed by atoms with Gasteiger partial charge in [-0.1, -0.05) is 19.9 Å². The van der Waals surface area contributed by atoms with E-state index in [1.165, 1.54) is 11.6 Å². The molecule has 1 aliphatic rings. The van der Waals surface area contributed by atoms with Crippen LogP contribution in [0.4, 0.5) is 0 Å². The van der Waals surface area contributed by atoms with Gasteiger partial charge in [0.1, 0.15) is 0 Å². The van der Waals surface area contributed by atoms with Crippen LogP contribution < -0.4 is 5.56 Å². The van der Waals surface area contributed by atoms with E-state index in [2.05, 4.69) is 23.9 Å². The Morgan fingerprint density at radius 2 is 2.22 bits per heavy atom. The van der Waals surface area contributed by atoms with E-state index >= 15 is 0 Å². The van der Waals surface area contributed by atoms with Crippen LogP contribution in [0.15, 0.2) is 35.5 Å². The molecule has 6 heteroatoms. The summed E-state index contributed by atoms with van der Waals surface area (Å²) in [5, 5.41) is 4.25. The zero-order chi connectivity index (χ0) is 16.6. The molecule has 122 valence electrons. The molecule has 2 aromatic heterocycles. The van der Waals surface area contributed by atoms with Crippen LogP contribution in [0.5, 0.6) is 0 Å². The minimum absolute atomic E-state index is 0.0176. The number of H-pyrrole nitrogens is 1. The molecule has 0 radical (unpaired) electrons. The minimum Gasteiger partial charge on any atom is -0.341 e. The third-order valence-corrected chi connectivity index (χ3v) is 4.63. The standard InChI is InChI=1S/C17H22N4O2/c1-17(2)11-21(10-14(17)13-8-19-20(3)9-13)16(23)6-12-4-5-15(22)18-7-12/h4-5,7-9,14H,6,10-11H2,1-3H3,(H,18,22). The Labute approximate surface area is 135 Å². The minimum atomic E-state index is -0.153. The monoisotopic (exact) mass is 314 g/mol. The second kappa shape index (κ2) is 5.68. The quantitative estimate of drug-likeness (QED) is 0.928. The molecule has 6 nitrogen and oxygen atoms in total. The summed E-state index contributed by atoms with van der Waals surface area (Å²) in [5.41, 5.74) is 1.87. The molecule has 0 saturated carbocycles. The van der Waals surface area contributed by atoms with Crippen LogP contribution in [0.3, 0.4) is 0 Å². The van der Waals surface area contributed by atoms with E-state index < -0.39 is 0 Å². The molecule has 0 bridgehead atoms. The van der Waals surface area contributed by atoms with Crippen LogP contribution in [0.2, 0.25) is 0 Å². The van der Waals surface area contributed by atoms with Crippen molar-refractivity contribution in [3.63, 3.8) is 0 Å². The predicted octanol–water partition coefficient (Wildman–Crippen LogP) is 1.30. The molecule has 3 heterocycles. The lowest BCUT2D eigenvalue weighted by Gasteiger charge is -2.24. The third kappa shape index (κ3) is 3.21. The van der Waals surface area contributed by atoms with E-state index in [-0.39, 0.29) is 22.8 Å². The molecule has 0 aromatic carbocycles. The summed E-state index contributed by atoms with van der Waals surface area (Å²) in [6.07, 6.45) is 5.84. The highest BCUT2D eigenvalue weighted by molar-refractivity contribution is 5.79. The Morgan fingerprint density at radius 3 is 2.83 bits per heavy atom. The van der Waals surface area contributed by atoms with Crippen LogP contribution >= 0.6 is 0 Å². The van der Waals surface area contributed by atoms with Gasteiger partial charge in [-0.2, -0.15) is 5.10 Å². The molecule has 2 aromatic rings. The van der Waals surface area contributed by atoms with E-state index in [0.29, 0.717) is 13.0 Å². The number of pyridine rings is 1. The van der Waals surface area contributed by atoms with Gasteiger partial charge in [-0.3, -0.25) is 14.3 Å². The summed E-state index contributed by atoms with van der Waals surface area (Å²) >= 11 is 0. The maximum atomic E-state index is 12.6. The smallest absolute Gasteiger partial charge is 0.247 e. The van der Waals surface area contributed by atoms with E-state index in [0.717, 1.165) is 12.1 Å². The first kappa shape index (κ1) is 15.5. The highest BCUT2D eigenvalue weighted by Crippen LogP contribution is 2.42. The summed E-state index contributed by atoms with van der Waals surface area (Å²) < 4.78 is 1.80. The molecule has 1 unspecified atom stereocenters. The lowest BCUT2D eigenvalue weighted by Crippen LogP contribution is -2.31. The van der Waals surface area contributed by atoms with Gasteiger partial charge in [-0.25, -0.2) is 0 Å². The summed E-state index contributed by atoms with van der Waals surface area (Å²) in [6, 6.07) is 3.16. The number of rotatable bonds is 3. The first-order valence-corrected chi connectivity index (χ1v) is 7.79. The van der Waals surface area contributed by atoms with Crippen molar-refractivity contribution in [3.8, 4) is 0 Å². The van der Waals surface area contributed by atoms with Gasteiger partial charge in [0.15, 0.2) is 0 Å². The average molecular weight is 314 g/mol. The van der Waals surface area contributed by atoms with Crippen molar-refractivity contribution in [1.82, 2.24) is 19.7 Å². The van der Waals surface area contributed by atoms with E-state index in [4.69, 9.17) is 0 Å². The van der Waals surface area contributed by atoms with Crippen molar-refractivity contribution in [3.05, 3.63) is 52.2 Å². The summed E-state index contributed by atoms with van der Waals surface area (Å²) in [4.78, 5) is 28.2. The van der Waals surface area contributed by atoms with Crippen molar-refractivity contribution in [2.45, 2.75) is 26.2 Å². The average Bonchev–Trinajstić information content (AvgIpc) is 3.04. The Kier molecular flexibility index (Phi) is 3.83. The van der Waals surface area contributed by atoms with Crippen molar-refractivity contribution < 1.29 is 4.79 Å². The van der Waals surface area contributed by atoms with Crippen molar-refractivity contribution >= 4 is 5.91 Å². The molecule has 1 amide bonds. The third-order valence-electron chi connectivity index (χ3n) is 4.63. The maximum Gasteiger partial charge on any atom is 0.247 e. The highest BCUT2D eigenvalue weighted by Gasteiger charge is 2.42. The van der Waals surface area contributed by atoms with Crippen LogP contribution in [0.1, 0.15) is 30.9 Å². The predicted molar refractivity (Wildman–Crippen MR) is 87.1 cm³/mol. The fourth-order valence-electron chi connectivity index (χ4n) is 3.34. The number of nitrogens with zero attached hydrogens (tertiary/aromatic N) is 3. The number of hydrogen-bond acceptors (Lipinski definition) is 3. The van der Waals surface area contributed by atoms with Crippen LogP contribution in [-0.4, -0.2) is 38.7 Å². The molecule has 0 spiro atoms. The van der Waals surface area contributed by atoms with E-state index in [1.54, 1.807) is 16.9 Å². The van der Waals surface area contributed by atoms with Gasteiger partial charge in [0.2, 0.25) is 11.5 Å². The molecular formula is C17H22N4O2. The topological polar surface area (TPSA) is 71.0 Å². The molecule has 1 atom stereocenters. The number of carbonyl (C=O) groups excluding carboxylic acids is 1. The van der Waals surface area contributed by atoms with Crippen molar-refractivity contribution in [2.75, 3.05) is 13.1 Å². The number of aromatic nitrogens is 3. The Morgan fingerprint density at radius 1 is 1.43 bits per heavy atom. The number of hydrogen-bond donors (Lipinski definition) is 1. The van der Waals surface area contributed by atoms with E-state index in [1.807, 2.05) is 24.3 Å². The van der Waals surface area contributed by atoms with Gasteiger partial charge in [-0.05, 0) is 16.5 Å². The lowest BCUT2D eigenvalue weighted by molar-refractivity contribution is -0.129. The van der Waals surface area contributed by atoms with Gasteiger partial charge in [0.05, 0.1) is 12.6 Å². The number of amides is 1. The molecular weight excluding hydrogens is 292 g/mol. The highest BCUT2D eigenvalue weighted by atomic mass is 16.2. The molecule has 1 aliphatic heterocycles. The fourth-order valence-corrected chi connectivity index (χ4v) is 3.34. The molecule has 1 N–H and O–H groups in total. The second-order valence-corrected chi connectivity index (χ2v) is 7.00. The number of nitrogens with one attached hydrogen (secondary N) is 1. The zero-order valence-corrected chi connectivity index (χ0v) is 13.7. The number of aromatic amines is 1. The molecule has 1 fully saturated rings. The largest absolute Gasteiger partial charge is 0.341 e. The maximum absolute atomic E-state index is 12.6. The van der Waals surface area contributed by atoms with Crippen LogP contribution in [0, 0.1) is 5.41 Å². The molecule has 23 heavy (non-hydrogen) atoms. The fraction of sp³-hybridized carbons (Fsp3) is 0.471. The van der Waals surface area contributed by atoms with Gasteiger partial charge in [0, 0.05) is 44.5 Å². The first-order chi connectivity index (χ1) is 10.8. The van der Waals surface area contributed by atoms with Crippen LogP contribution in [0.25, 0.3) is 0 Å². The lowest BCUT2D eigenvalue weighted by atomic mass is 9.79. The van der Waals surface area contributed by atoms with Gasteiger partial charge in [0.25, 0.3) is 0 Å². The second-order valence-electron chi connectivity index (χ2n) is 7.00. The van der Waals surface area contributed by atoms with Crippen molar-refractivity contribution in [2.24, 2.45) is 12.5 Å². The number of aryl methyl sites for hydroxylation is 1. The van der Waals surface area contributed by atoms with Gasteiger partial charge in [-0.15, -0.1) is 0 Å². The molecule has 3 rings (SSSR count). The zero-order valence-electron chi connectivity index (χ0n) is 13.7. The summed E-state index contributed by atoms with van der Waals surface area (Å²) in [5.74, 6) is 0.382. The summed E-state index contributed by atoms with van der Waals surface area (Å²) in [6.45, 7) is 5.82. The summed E-state index contributed by atoms with van der Waals surface area (Å²) in [7, 11) is 1.91. The first-order valence-electron chi connectivity index (χ1n) is 7.79. The SMILES string of the molecule is Cn1cc(C2CN(C(=O)Cc3ccc(=O)[nH]c3)CC2(C)C)cn1. The van der Waals surface area contributed by atoms with Crippen LogP contribution in [-0.2, 0) is 18.3 Å².